The Hall–Kier alpha value is -12.4. The van der Waals surface area contributed by atoms with Gasteiger partial charge in [0.1, 0.15) is 22.6 Å². The fourth-order valence-corrected chi connectivity index (χ4v) is 20.9. The molecule has 4 fully saturated rings. The Morgan fingerprint density at radius 2 is 0.779 bits per heavy atom. The van der Waals surface area contributed by atoms with Gasteiger partial charge in [-0.05, 0) is 92.7 Å². The van der Waals surface area contributed by atoms with Crippen molar-refractivity contribution in [2.75, 3.05) is 105 Å². The number of aryl methyl sites for hydroxylation is 1. The number of benzene rings is 3. The van der Waals surface area contributed by atoms with Gasteiger partial charge in [-0.1, -0.05) is 74.6 Å². The summed E-state index contributed by atoms with van der Waals surface area (Å²) in [6.07, 6.45) is -8.27. The molecule has 0 radical (unpaired) electrons. The van der Waals surface area contributed by atoms with Gasteiger partial charge in [-0.3, -0.25) is 39.1 Å². The lowest BCUT2D eigenvalue weighted by Crippen LogP contribution is -2.49. The summed E-state index contributed by atoms with van der Waals surface area (Å²) in [6.45, 7) is 16.0. The molecule has 3 aromatic carbocycles. The average Bonchev–Trinajstić information content (AvgIpc) is 1.20. The van der Waals surface area contributed by atoms with E-state index in [2.05, 4.69) is 70.6 Å². The van der Waals surface area contributed by atoms with Crippen molar-refractivity contribution in [2.45, 2.75) is 150 Å². The van der Waals surface area contributed by atoms with Crippen molar-refractivity contribution in [1.82, 2.24) is 104 Å². The number of rotatable bonds is 11. The maximum Gasteiger partial charge on any atom is 0.451 e. The number of nitrogens with zero attached hydrogens (tertiary/aromatic N) is 25. The lowest BCUT2D eigenvalue weighted by molar-refractivity contribution is -0.149. The standard InChI is InChI=1S/C24H27F3N6O.C23H21ClF6N6O.C22H21ClF4N6O.C22H23ClF3N7O2/c1-14-12-31(22-18-5-4-16(24(3,26)27)10-20(18)28-11-19(22)25)7-6-17(14)23(34)32-8-9-33-15(2)29-30-21(33)13-32;1-11-9-34(19-13-2-3-15(24)17(25)18(13)31-8-14(19)20(26)27)5-4-12(11)21(37)35-6-7-36-16(10-35)32-33-22(36)23(28,29)30;1-12-10-31(19-15-3-2-13(23)8-17(15)28-9-16(19)24)5-4-14(12)20(34)32-6-7-33-18(11-32)29-30-21(33)22(25,26)27;1-12-10-31(19-15(23)9-27-16-7-13(35-2)8-28-18(16)19)4-3-14(12)20(34)32-5-6-33-17(11-32)29-30-21(33)22(24,25)26/h4-5,10-11,14,17H,6-9,12-13H2,1-3H3;2-3,8,11-12,20H,4-7,9-10H2,1H3;2-3,8-9,12,14H,4-7,10-11H2,1H3;7-9,12,14H,3-6,10-11H2,1-2H3/t14-,17+;11-,12+;2*12-,14+/m1111/s1. The number of alkyl halides is 13. The Labute approximate surface area is 803 Å². The summed E-state index contributed by atoms with van der Waals surface area (Å²) in [5.74, 6) is -7.28. The minimum atomic E-state index is -4.64. The number of hydrogen-bond acceptors (Lipinski definition) is 22. The first kappa shape index (κ1) is 99.2. The van der Waals surface area contributed by atoms with Crippen LogP contribution in [0.3, 0.4) is 0 Å². The number of fused-ring (bicyclic) bond motifs is 8. The summed E-state index contributed by atoms with van der Waals surface area (Å²) in [5, 5.41) is 31.2. The largest absolute Gasteiger partial charge is 0.495 e. The van der Waals surface area contributed by atoms with Gasteiger partial charge in [0.15, 0.2) is 40.7 Å². The van der Waals surface area contributed by atoms with E-state index in [-0.39, 0.29) is 187 Å². The number of methoxy groups -OCH3 is 1. The van der Waals surface area contributed by atoms with Crippen LogP contribution in [-0.2, 0) is 96.0 Å². The molecule has 20 rings (SSSR count). The summed E-state index contributed by atoms with van der Waals surface area (Å²) in [4.78, 5) is 88.2. The van der Waals surface area contributed by atoms with Gasteiger partial charge in [0.25, 0.3) is 12.3 Å². The molecule has 4 amide bonds. The number of hydrogen-bond donors (Lipinski definition) is 0. The second kappa shape index (κ2) is 39.3. The van der Waals surface area contributed by atoms with Crippen LogP contribution in [0.2, 0.25) is 15.1 Å². The van der Waals surface area contributed by atoms with E-state index in [0.29, 0.717) is 145 Å². The van der Waals surface area contributed by atoms with E-state index < -0.39 is 71.7 Å². The van der Waals surface area contributed by atoms with E-state index in [1.165, 1.54) is 41.4 Å². The first-order valence-electron chi connectivity index (χ1n) is 45.2. The topological polar surface area (TPSA) is 291 Å². The predicted molar refractivity (Wildman–Crippen MR) is 480 cm³/mol. The van der Waals surface area contributed by atoms with Crippen LogP contribution in [0.1, 0.15) is 124 Å². The molecule has 140 heavy (non-hydrogen) atoms. The lowest BCUT2D eigenvalue weighted by Gasteiger charge is -2.41. The highest BCUT2D eigenvalue weighted by molar-refractivity contribution is 6.34. The van der Waals surface area contributed by atoms with Crippen LogP contribution in [0.4, 0.5) is 93.0 Å². The Morgan fingerprint density at radius 1 is 0.400 bits per heavy atom. The number of anilines is 4. The lowest BCUT2D eigenvalue weighted by atomic mass is 9.85. The number of ether oxygens (including phenoxy) is 1. The molecular formula is C91H92Cl3F16N25O5. The molecule has 30 nitrogen and oxygen atoms in total. The molecule has 0 bridgehead atoms. The van der Waals surface area contributed by atoms with Gasteiger partial charge < -0.3 is 62.2 Å². The maximum atomic E-state index is 14.9. The predicted octanol–water partition coefficient (Wildman–Crippen LogP) is 16.5. The van der Waals surface area contributed by atoms with Gasteiger partial charge in [-0.25, -0.2) is 35.7 Å². The quantitative estimate of drug-likeness (QED) is 0.109. The van der Waals surface area contributed by atoms with Gasteiger partial charge in [-0.15, -0.1) is 40.8 Å². The van der Waals surface area contributed by atoms with Gasteiger partial charge in [-0.2, -0.15) is 39.5 Å². The molecule has 0 aliphatic carbocycles. The van der Waals surface area contributed by atoms with Gasteiger partial charge in [0.05, 0.1) is 107 Å². The fourth-order valence-electron chi connectivity index (χ4n) is 20.3. The molecule has 8 atom stereocenters. The third-order valence-corrected chi connectivity index (χ3v) is 28.2. The number of piperidine rings is 4. The van der Waals surface area contributed by atoms with Crippen molar-refractivity contribution in [1.29, 1.82) is 0 Å². The molecule has 9 aromatic heterocycles. The van der Waals surface area contributed by atoms with Crippen molar-refractivity contribution < 1.29 is 94.2 Å². The van der Waals surface area contributed by atoms with Crippen LogP contribution in [-0.4, -0.2) is 213 Å². The monoisotopic (exact) mass is 2020 g/mol. The Bertz CT molecular complexity index is 6740. The van der Waals surface area contributed by atoms with Gasteiger partial charge in [0.2, 0.25) is 41.1 Å². The highest BCUT2D eigenvalue weighted by Gasteiger charge is 2.48. The number of aromatic nitrogens is 17. The SMILES string of the molecule is COc1cnc2c(N3CC[C@H](C(=O)N4CCn5c(nnc5C(F)(F)F)C4)[C@H](C)C3)c(Cl)cnc2c1.C[C@@H]1CN(c2c(C(F)F)cnc3c(F)c(Cl)ccc23)CC[C@@H]1C(=O)N1CCn2c(nnc2C(F)(F)F)C1.C[C@@H]1CN(c2c(F)cnc3cc(Cl)ccc23)CC[C@@H]1C(=O)N1CCn2c(nnc2C(F)(F)F)C1.Cc1nnc2n1CCN(C(=O)[C@H]1CCN(c3c(F)cnc4cc(C(C)(F)F)ccc34)C[C@H]1C)C2. The van der Waals surface area contributed by atoms with E-state index in [0.717, 1.165) is 50.4 Å². The molecular weight excluding hydrogens is 1930 g/mol. The smallest absolute Gasteiger partial charge is 0.451 e. The summed E-state index contributed by atoms with van der Waals surface area (Å²) < 4.78 is 228. The van der Waals surface area contributed by atoms with E-state index in [9.17, 15) is 89.4 Å². The number of halogens is 19. The van der Waals surface area contributed by atoms with Crippen LogP contribution in [0.15, 0.2) is 85.6 Å². The van der Waals surface area contributed by atoms with Crippen molar-refractivity contribution in [3.63, 3.8) is 0 Å². The molecule has 8 aliphatic rings. The zero-order chi connectivity index (χ0) is 99.9. The molecule has 8 aliphatic heterocycles. The molecule has 744 valence electrons. The molecule has 4 saturated heterocycles. The van der Waals surface area contributed by atoms with Crippen LogP contribution in [0.5, 0.6) is 5.75 Å². The second-order valence-corrected chi connectivity index (χ2v) is 37.7. The third kappa shape index (κ3) is 19.8. The van der Waals surface area contributed by atoms with Crippen molar-refractivity contribution in [3.05, 3.63) is 176 Å². The minimum Gasteiger partial charge on any atom is -0.495 e. The van der Waals surface area contributed by atoms with Crippen LogP contribution < -0.4 is 24.3 Å². The summed E-state index contributed by atoms with van der Waals surface area (Å²) in [6, 6.07) is 13.8. The van der Waals surface area contributed by atoms with E-state index >= 15 is 0 Å². The van der Waals surface area contributed by atoms with Crippen LogP contribution in [0, 0.1) is 71.7 Å². The summed E-state index contributed by atoms with van der Waals surface area (Å²) >= 11 is 18.4. The molecule has 17 heterocycles. The van der Waals surface area contributed by atoms with Crippen LogP contribution in [0.25, 0.3) is 43.7 Å². The zero-order valence-corrected chi connectivity index (χ0v) is 78.4. The second-order valence-electron chi connectivity index (χ2n) is 36.4. The number of carbonyl (C=O) groups excluding carboxylic acids is 4. The molecule has 0 N–H and O–H groups in total. The molecule has 0 spiro atoms. The molecule has 0 unspecified atom stereocenters. The first-order chi connectivity index (χ1) is 66.4. The highest BCUT2D eigenvalue weighted by atomic mass is 35.5. The minimum absolute atomic E-state index is 0.00703. The zero-order valence-electron chi connectivity index (χ0n) is 76.2. The van der Waals surface area contributed by atoms with Gasteiger partial charge in [0, 0.05) is 181 Å². The van der Waals surface area contributed by atoms with E-state index in [1.807, 2.05) is 53.9 Å². The molecule has 49 heteroatoms. The average molecular weight is 2030 g/mol. The van der Waals surface area contributed by atoms with Gasteiger partial charge >= 0.3 is 18.5 Å². The van der Waals surface area contributed by atoms with Crippen molar-refractivity contribution in [3.8, 4) is 5.75 Å². The molecule has 12 aromatic rings. The Morgan fingerprint density at radius 3 is 1.19 bits per heavy atom. The van der Waals surface area contributed by atoms with Crippen molar-refractivity contribution >= 4 is 125 Å². The normalized spacial score (nSPS) is 20.9. The summed E-state index contributed by atoms with van der Waals surface area (Å²) in [7, 11) is 1.56. The third-order valence-electron chi connectivity index (χ3n) is 27.4. The maximum absolute atomic E-state index is 14.9. The molecule has 0 saturated carbocycles. The van der Waals surface area contributed by atoms with E-state index in [1.54, 1.807) is 58.5 Å². The van der Waals surface area contributed by atoms with Crippen molar-refractivity contribution in [2.24, 2.45) is 47.3 Å². The first-order valence-corrected chi connectivity index (χ1v) is 46.3. The number of pyridine rings is 5. The number of carbonyl (C=O) groups is 4. The highest BCUT2D eigenvalue weighted by Crippen LogP contribution is 2.46. The fraction of sp³-hybridized carbons (Fsp3) is 0.484. The summed E-state index contributed by atoms with van der Waals surface area (Å²) in [5.41, 5.74) is 3.32. The van der Waals surface area contributed by atoms with Crippen LogP contribution >= 0.6 is 34.8 Å². The Kier molecular flexibility index (Phi) is 27.8. The van der Waals surface area contributed by atoms with E-state index in [4.69, 9.17) is 39.5 Å². The number of amides is 4. The Balaban J connectivity index is 0.000000129.